The summed E-state index contributed by atoms with van der Waals surface area (Å²) in [5.74, 6) is 1.07. The Bertz CT molecular complexity index is 2840. The summed E-state index contributed by atoms with van der Waals surface area (Å²) in [4.78, 5) is 4.95. The highest BCUT2D eigenvalue weighted by molar-refractivity contribution is 6.23. The number of benzene rings is 8. The lowest BCUT2D eigenvalue weighted by molar-refractivity contribution is 0.660. The third-order valence-corrected chi connectivity index (χ3v) is 11.4. The lowest BCUT2D eigenvalue weighted by atomic mass is 9.80. The Morgan fingerprint density at radius 2 is 1.12 bits per heavy atom. The summed E-state index contributed by atoms with van der Waals surface area (Å²) in [5, 5.41) is 5.05. The highest BCUT2D eigenvalue weighted by Gasteiger charge is 2.37. The highest BCUT2D eigenvalue weighted by atomic mass is 15.1. The Kier molecular flexibility index (Phi) is 6.85. The van der Waals surface area contributed by atoms with Crippen molar-refractivity contribution in [1.29, 1.82) is 0 Å². The molecule has 0 fully saturated rings. The summed E-state index contributed by atoms with van der Waals surface area (Å²) in [6, 6.07) is 60.4. The molecule has 0 bridgehead atoms. The monoisotopic (exact) mass is 666 g/mol. The molecular formula is C50H38N2. The average molecular weight is 667 g/mol. The molecule has 10 rings (SSSR count). The predicted octanol–water partition coefficient (Wildman–Crippen LogP) is 13.2. The topological polar surface area (TPSA) is 17.8 Å². The Morgan fingerprint density at radius 1 is 0.481 bits per heavy atom. The third-order valence-electron chi connectivity index (χ3n) is 11.4. The van der Waals surface area contributed by atoms with Gasteiger partial charge in [-0.05, 0) is 108 Å². The van der Waals surface area contributed by atoms with E-state index in [-0.39, 0.29) is 5.41 Å². The maximum absolute atomic E-state index is 4.95. The number of fused-ring (bicyclic) bond motifs is 6. The molecule has 2 heteroatoms. The molecule has 1 aliphatic rings. The molecule has 1 heterocycles. The molecule has 0 aliphatic heterocycles. The van der Waals surface area contributed by atoms with Crippen molar-refractivity contribution >= 4 is 32.6 Å². The van der Waals surface area contributed by atoms with E-state index in [4.69, 9.17) is 4.98 Å². The summed E-state index contributed by atoms with van der Waals surface area (Å²) in [6.45, 7) is 6.92. The number of hydrogen-bond donors (Lipinski definition) is 0. The lowest BCUT2D eigenvalue weighted by Gasteiger charge is -2.23. The van der Waals surface area contributed by atoms with Crippen LogP contribution in [0.4, 0.5) is 0 Å². The van der Waals surface area contributed by atoms with Crippen LogP contribution >= 0.6 is 0 Å². The molecule has 8 aromatic carbocycles. The fourth-order valence-corrected chi connectivity index (χ4v) is 8.93. The quantitative estimate of drug-likeness (QED) is 0.167. The Balaban J connectivity index is 1.27. The minimum atomic E-state index is -0.0807. The van der Waals surface area contributed by atoms with Crippen LogP contribution in [0.2, 0.25) is 0 Å². The van der Waals surface area contributed by atoms with E-state index in [9.17, 15) is 0 Å². The van der Waals surface area contributed by atoms with Gasteiger partial charge in [-0.15, -0.1) is 0 Å². The zero-order chi connectivity index (χ0) is 35.0. The molecule has 1 aromatic heterocycles. The second-order valence-electron chi connectivity index (χ2n) is 14.6. The Labute approximate surface area is 304 Å². The van der Waals surface area contributed by atoms with Gasteiger partial charge in [0.05, 0.1) is 11.0 Å². The molecule has 248 valence electrons. The fraction of sp³-hybridized carbons (Fsp3) is 0.100. The smallest absolute Gasteiger partial charge is 0.114 e. The van der Waals surface area contributed by atoms with Crippen molar-refractivity contribution in [2.24, 2.45) is 0 Å². The summed E-state index contributed by atoms with van der Waals surface area (Å²) >= 11 is 0. The van der Waals surface area contributed by atoms with Crippen LogP contribution in [-0.2, 0) is 11.8 Å². The molecule has 0 saturated heterocycles. The van der Waals surface area contributed by atoms with E-state index in [2.05, 4.69) is 189 Å². The van der Waals surface area contributed by atoms with Gasteiger partial charge in [-0.3, -0.25) is 4.57 Å². The average Bonchev–Trinajstić information content (AvgIpc) is 3.69. The number of rotatable bonds is 5. The zero-order valence-corrected chi connectivity index (χ0v) is 29.7. The van der Waals surface area contributed by atoms with Crippen molar-refractivity contribution in [1.82, 2.24) is 9.55 Å². The molecule has 0 N–H and O–H groups in total. The van der Waals surface area contributed by atoms with Crippen LogP contribution in [0.5, 0.6) is 0 Å². The molecule has 9 aromatic rings. The first-order chi connectivity index (χ1) is 25.5. The van der Waals surface area contributed by atoms with Gasteiger partial charge in [-0.2, -0.15) is 0 Å². The summed E-state index contributed by atoms with van der Waals surface area (Å²) in [7, 11) is 0. The van der Waals surface area contributed by atoms with Gasteiger partial charge in [0.1, 0.15) is 5.82 Å². The number of imidazole rings is 1. The SMILES string of the molecule is CCc1nc2ccccc2n1-c1ccc(-c2c3ccccc3c(-c3cccc4c3-c3ccccc3C4(C)C)c3cc(-c4ccccc4)ccc23)cc1. The summed E-state index contributed by atoms with van der Waals surface area (Å²) < 4.78 is 2.31. The molecule has 0 atom stereocenters. The number of aryl methyl sites for hydroxylation is 1. The third kappa shape index (κ3) is 4.47. The van der Waals surface area contributed by atoms with Crippen molar-refractivity contribution in [3.8, 4) is 50.2 Å². The van der Waals surface area contributed by atoms with E-state index in [0.717, 1.165) is 29.0 Å². The van der Waals surface area contributed by atoms with Gasteiger partial charge in [0.15, 0.2) is 0 Å². The van der Waals surface area contributed by atoms with Gasteiger partial charge in [0, 0.05) is 17.5 Å². The largest absolute Gasteiger partial charge is 0.296 e. The molecule has 0 amide bonds. The molecule has 52 heavy (non-hydrogen) atoms. The number of aromatic nitrogens is 2. The first-order valence-electron chi connectivity index (χ1n) is 18.4. The summed E-state index contributed by atoms with van der Waals surface area (Å²) in [5.41, 5.74) is 16.2. The Hall–Kier alpha value is -6.25. The highest BCUT2D eigenvalue weighted by Crippen LogP contribution is 2.54. The van der Waals surface area contributed by atoms with E-state index in [0.29, 0.717) is 0 Å². The van der Waals surface area contributed by atoms with Crippen LogP contribution in [0.1, 0.15) is 37.7 Å². The normalized spacial score (nSPS) is 13.1. The number of nitrogens with zero attached hydrogens (tertiary/aromatic N) is 2. The molecule has 0 spiro atoms. The van der Waals surface area contributed by atoms with E-state index in [1.54, 1.807) is 0 Å². The minimum absolute atomic E-state index is 0.0807. The minimum Gasteiger partial charge on any atom is -0.296 e. The fourth-order valence-electron chi connectivity index (χ4n) is 8.93. The second-order valence-corrected chi connectivity index (χ2v) is 14.6. The van der Waals surface area contributed by atoms with Crippen molar-refractivity contribution in [3.63, 3.8) is 0 Å². The van der Waals surface area contributed by atoms with Gasteiger partial charge in [-0.1, -0.05) is 154 Å². The van der Waals surface area contributed by atoms with Gasteiger partial charge in [0.25, 0.3) is 0 Å². The molecule has 0 radical (unpaired) electrons. The molecule has 1 aliphatic carbocycles. The van der Waals surface area contributed by atoms with Gasteiger partial charge < -0.3 is 0 Å². The number of hydrogen-bond acceptors (Lipinski definition) is 1. The van der Waals surface area contributed by atoms with E-state index >= 15 is 0 Å². The first-order valence-corrected chi connectivity index (χ1v) is 18.4. The predicted molar refractivity (Wildman–Crippen MR) is 219 cm³/mol. The summed E-state index contributed by atoms with van der Waals surface area (Å²) in [6.07, 6.45) is 0.863. The molecule has 2 nitrogen and oxygen atoms in total. The van der Waals surface area contributed by atoms with Gasteiger partial charge in [0.2, 0.25) is 0 Å². The van der Waals surface area contributed by atoms with Gasteiger partial charge in [-0.25, -0.2) is 4.98 Å². The van der Waals surface area contributed by atoms with Crippen LogP contribution in [0.3, 0.4) is 0 Å². The Morgan fingerprint density at radius 3 is 1.92 bits per heavy atom. The van der Waals surface area contributed by atoms with Crippen molar-refractivity contribution < 1.29 is 0 Å². The van der Waals surface area contributed by atoms with Crippen LogP contribution < -0.4 is 0 Å². The van der Waals surface area contributed by atoms with Crippen molar-refractivity contribution in [2.75, 3.05) is 0 Å². The zero-order valence-electron chi connectivity index (χ0n) is 29.7. The van der Waals surface area contributed by atoms with Crippen LogP contribution in [-0.4, -0.2) is 9.55 Å². The van der Waals surface area contributed by atoms with Gasteiger partial charge >= 0.3 is 0 Å². The number of para-hydroxylation sites is 2. The van der Waals surface area contributed by atoms with Crippen LogP contribution in [0, 0.1) is 0 Å². The lowest BCUT2D eigenvalue weighted by Crippen LogP contribution is -2.14. The van der Waals surface area contributed by atoms with E-state index in [1.807, 2.05) is 0 Å². The molecular weight excluding hydrogens is 629 g/mol. The maximum Gasteiger partial charge on any atom is 0.114 e. The van der Waals surface area contributed by atoms with E-state index in [1.165, 1.54) is 77.2 Å². The molecule has 0 unspecified atom stereocenters. The first kappa shape index (κ1) is 30.6. The molecule has 0 saturated carbocycles. The van der Waals surface area contributed by atoms with Crippen LogP contribution in [0.15, 0.2) is 164 Å². The maximum atomic E-state index is 4.95. The van der Waals surface area contributed by atoms with Crippen molar-refractivity contribution in [2.45, 2.75) is 32.6 Å². The van der Waals surface area contributed by atoms with Crippen LogP contribution in [0.25, 0.3) is 82.8 Å². The van der Waals surface area contributed by atoms with E-state index < -0.39 is 0 Å². The standard InChI is InChI=1S/C50H38N2/c1-4-46-51-44-23-12-13-24-45(44)52(46)35-28-25-33(26-29-35)47-36-17-8-9-18-37(36)48(41-31-34(27-30-38(41)47)32-15-6-5-7-16-32)40-20-14-22-43-49(40)39-19-10-11-21-42(39)50(43,2)3/h5-31H,4H2,1-3H3. The van der Waals surface area contributed by atoms with Crippen molar-refractivity contribution in [3.05, 3.63) is 181 Å². The second kappa shape index (κ2) is 11.6.